The van der Waals surface area contributed by atoms with E-state index in [1.165, 1.54) is 53.4 Å². The van der Waals surface area contributed by atoms with E-state index in [0.717, 1.165) is 11.8 Å². The standard InChI is InChI=1S/C22H25ClN6O4S/c1-13-18(11-28(2)25-13)34(31,32)27-22(30)17-5-6-19(24-21(17)23)29-8-7-20(26-29)33-12-16-10-14-3-4-15(16)9-14/h5-8,11,14-16H,3-4,9-10,12H2,1-2H3,(H,27,30)/t14-,15+,16?/m1/s1. The van der Waals surface area contributed by atoms with Crippen LogP contribution in [0.1, 0.15) is 41.7 Å². The van der Waals surface area contributed by atoms with Crippen molar-refractivity contribution in [3.05, 3.63) is 47.0 Å². The summed E-state index contributed by atoms with van der Waals surface area (Å²) in [5.41, 5.74) is 0.204. The van der Waals surface area contributed by atoms with Crippen molar-refractivity contribution in [3.8, 4) is 11.7 Å². The Bertz CT molecular complexity index is 1350. The summed E-state index contributed by atoms with van der Waals surface area (Å²) in [6, 6.07) is 4.70. The molecular formula is C22H25ClN6O4S. The third-order valence-corrected chi connectivity index (χ3v) is 8.41. The smallest absolute Gasteiger partial charge is 0.268 e. The number of aromatic nitrogens is 5. The summed E-state index contributed by atoms with van der Waals surface area (Å²) in [5, 5.41) is 8.25. The maximum atomic E-state index is 12.6. The average Bonchev–Trinajstić information content (AvgIpc) is 3.56. The predicted octanol–water partition coefficient (Wildman–Crippen LogP) is 2.90. The molecule has 1 N–H and O–H groups in total. The van der Waals surface area contributed by atoms with Crippen LogP contribution in [0.15, 0.2) is 35.5 Å². The first-order chi connectivity index (χ1) is 16.2. The second-order valence-corrected chi connectivity index (χ2v) is 11.0. The van der Waals surface area contributed by atoms with E-state index in [1.54, 1.807) is 26.2 Å². The zero-order valence-corrected chi connectivity index (χ0v) is 20.4. The van der Waals surface area contributed by atoms with Crippen LogP contribution in [-0.2, 0) is 17.1 Å². The number of carbonyl (C=O) groups excluding carboxylic acids is 1. The quantitative estimate of drug-likeness (QED) is 0.491. The van der Waals surface area contributed by atoms with Crippen molar-refractivity contribution in [1.29, 1.82) is 0 Å². The fourth-order valence-electron chi connectivity index (χ4n) is 5.08. The molecule has 2 bridgehead atoms. The number of hydrogen-bond donors (Lipinski definition) is 1. The van der Waals surface area contributed by atoms with Gasteiger partial charge in [-0.2, -0.15) is 5.10 Å². The van der Waals surface area contributed by atoms with Crippen molar-refractivity contribution >= 4 is 27.5 Å². The topological polar surface area (TPSA) is 121 Å². The van der Waals surface area contributed by atoms with Crippen LogP contribution in [0.3, 0.4) is 0 Å². The Morgan fingerprint density at radius 1 is 1.24 bits per heavy atom. The van der Waals surface area contributed by atoms with Crippen LogP contribution in [0, 0.1) is 24.7 Å². The van der Waals surface area contributed by atoms with Crippen molar-refractivity contribution in [1.82, 2.24) is 29.3 Å². The van der Waals surface area contributed by atoms with Gasteiger partial charge in [0.05, 0.1) is 17.9 Å². The molecule has 3 aromatic rings. The van der Waals surface area contributed by atoms with Gasteiger partial charge in [-0.1, -0.05) is 18.0 Å². The van der Waals surface area contributed by atoms with Crippen molar-refractivity contribution in [3.63, 3.8) is 0 Å². The zero-order chi connectivity index (χ0) is 24.0. The summed E-state index contributed by atoms with van der Waals surface area (Å²) in [6.07, 6.45) is 8.24. The minimum absolute atomic E-state index is 0.0737. The molecular weight excluding hydrogens is 480 g/mol. The maximum absolute atomic E-state index is 12.6. The highest BCUT2D eigenvalue weighted by Gasteiger charge is 2.39. The molecule has 3 atom stereocenters. The number of pyridine rings is 1. The number of rotatable bonds is 7. The maximum Gasteiger partial charge on any atom is 0.268 e. The first-order valence-electron chi connectivity index (χ1n) is 11.1. The lowest BCUT2D eigenvalue weighted by Gasteiger charge is -2.20. The van der Waals surface area contributed by atoms with E-state index >= 15 is 0 Å². The summed E-state index contributed by atoms with van der Waals surface area (Å²) < 4.78 is 35.9. The summed E-state index contributed by atoms with van der Waals surface area (Å²) in [6.45, 7) is 2.21. The largest absolute Gasteiger partial charge is 0.476 e. The molecule has 0 spiro atoms. The van der Waals surface area contributed by atoms with E-state index in [0.29, 0.717) is 24.2 Å². The first kappa shape index (κ1) is 22.9. The van der Waals surface area contributed by atoms with Crippen molar-refractivity contribution < 1.29 is 17.9 Å². The first-order valence-corrected chi connectivity index (χ1v) is 13.0. The molecule has 0 aliphatic heterocycles. The van der Waals surface area contributed by atoms with Gasteiger partial charge in [-0.3, -0.25) is 9.48 Å². The second-order valence-electron chi connectivity index (χ2n) is 9.04. The van der Waals surface area contributed by atoms with Gasteiger partial charge in [0.2, 0.25) is 5.88 Å². The molecule has 0 aromatic carbocycles. The molecule has 3 aromatic heterocycles. The minimum atomic E-state index is -4.11. The van der Waals surface area contributed by atoms with Crippen LogP contribution in [-0.4, -0.2) is 45.5 Å². The fraction of sp³-hybridized carbons (Fsp3) is 0.455. The molecule has 2 fully saturated rings. The van der Waals surface area contributed by atoms with Gasteiger partial charge < -0.3 is 4.74 Å². The molecule has 34 heavy (non-hydrogen) atoms. The van der Waals surface area contributed by atoms with Gasteiger partial charge in [0.15, 0.2) is 5.82 Å². The number of aryl methyl sites for hydroxylation is 2. The summed E-state index contributed by atoms with van der Waals surface area (Å²) in [4.78, 5) is 16.7. The fourth-order valence-corrected chi connectivity index (χ4v) is 6.50. The third kappa shape index (κ3) is 4.41. The highest BCUT2D eigenvalue weighted by Crippen LogP contribution is 2.48. The van der Waals surface area contributed by atoms with Crippen LogP contribution in [0.5, 0.6) is 5.88 Å². The van der Waals surface area contributed by atoms with Crippen molar-refractivity contribution in [2.75, 3.05) is 6.61 Å². The van der Waals surface area contributed by atoms with Crippen molar-refractivity contribution in [2.24, 2.45) is 24.8 Å². The normalized spacial score (nSPS) is 21.7. The Labute approximate surface area is 202 Å². The van der Waals surface area contributed by atoms with E-state index in [9.17, 15) is 13.2 Å². The van der Waals surface area contributed by atoms with Crippen LogP contribution in [0.25, 0.3) is 5.82 Å². The number of carbonyl (C=O) groups is 1. The molecule has 0 radical (unpaired) electrons. The molecule has 5 rings (SSSR count). The summed E-state index contributed by atoms with van der Waals surface area (Å²) in [7, 11) is -2.52. The van der Waals surface area contributed by atoms with Crippen LogP contribution < -0.4 is 9.46 Å². The number of nitrogens with zero attached hydrogens (tertiary/aromatic N) is 5. The van der Waals surface area contributed by atoms with E-state index in [-0.39, 0.29) is 21.3 Å². The molecule has 10 nitrogen and oxygen atoms in total. The number of fused-ring (bicyclic) bond motifs is 2. The molecule has 0 saturated heterocycles. The zero-order valence-electron chi connectivity index (χ0n) is 18.8. The van der Waals surface area contributed by atoms with Gasteiger partial charge in [-0.25, -0.2) is 22.8 Å². The highest BCUT2D eigenvalue weighted by molar-refractivity contribution is 7.90. The summed E-state index contributed by atoms with van der Waals surface area (Å²) >= 11 is 6.22. The lowest BCUT2D eigenvalue weighted by molar-refractivity contribution is 0.0981. The second kappa shape index (κ2) is 8.70. The Morgan fingerprint density at radius 2 is 2.06 bits per heavy atom. The lowest BCUT2D eigenvalue weighted by Crippen LogP contribution is -2.31. The van der Waals surface area contributed by atoms with Crippen LogP contribution >= 0.6 is 11.6 Å². The SMILES string of the molecule is Cc1nn(C)cc1S(=O)(=O)NC(=O)c1ccc(-n2ccc(OCC3C[C@@H]4CC[C@H]3C4)n2)nc1Cl. The van der Waals surface area contributed by atoms with E-state index in [2.05, 4.69) is 15.2 Å². The molecule has 1 unspecified atom stereocenters. The number of hydrogen-bond acceptors (Lipinski definition) is 7. The highest BCUT2D eigenvalue weighted by atomic mass is 35.5. The minimum Gasteiger partial charge on any atom is -0.476 e. The van der Waals surface area contributed by atoms with Gasteiger partial charge in [0, 0.05) is 25.5 Å². The van der Waals surface area contributed by atoms with Crippen LogP contribution in [0.2, 0.25) is 5.15 Å². The molecule has 2 aliphatic rings. The van der Waals surface area contributed by atoms with Crippen molar-refractivity contribution in [2.45, 2.75) is 37.5 Å². The van der Waals surface area contributed by atoms with Crippen LogP contribution in [0.4, 0.5) is 0 Å². The molecule has 180 valence electrons. The van der Waals surface area contributed by atoms with E-state index in [1.807, 2.05) is 4.72 Å². The number of halogens is 1. The molecule has 2 saturated carbocycles. The molecule has 12 heteroatoms. The van der Waals surface area contributed by atoms with E-state index in [4.69, 9.17) is 16.3 Å². The molecule has 3 heterocycles. The molecule has 2 aliphatic carbocycles. The predicted molar refractivity (Wildman–Crippen MR) is 123 cm³/mol. The van der Waals surface area contributed by atoms with Gasteiger partial charge in [0.1, 0.15) is 10.0 Å². The Hall–Kier alpha value is -2.92. The summed E-state index contributed by atoms with van der Waals surface area (Å²) in [5.74, 6) is 2.23. The van der Waals surface area contributed by atoms with Gasteiger partial charge in [0.25, 0.3) is 15.9 Å². The van der Waals surface area contributed by atoms with Gasteiger partial charge in [-0.05, 0) is 56.1 Å². The third-order valence-electron chi connectivity index (χ3n) is 6.69. The Morgan fingerprint density at radius 3 is 2.71 bits per heavy atom. The number of sulfonamides is 1. The van der Waals surface area contributed by atoms with Gasteiger partial charge in [-0.15, -0.1) is 5.10 Å². The number of ether oxygens (including phenoxy) is 1. The molecule has 1 amide bonds. The Kier molecular flexibility index (Phi) is 5.85. The Balaban J connectivity index is 1.25. The monoisotopic (exact) mass is 504 g/mol. The average molecular weight is 505 g/mol. The van der Waals surface area contributed by atoms with Gasteiger partial charge >= 0.3 is 0 Å². The number of nitrogens with one attached hydrogen (secondary N) is 1. The van der Waals surface area contributed by atoms with E-state index < -0.39 is 15.9 Å². The number of amides is 1. The lowest BCUT2D eigenvalue weighted by atomic mass is 9.90.